The van der Waals surface area contributed by atoms with Crippen LogP contribution < -0.4 is 15.0 Å². The Bertz CT molecular complexity index is 885. The van der Waals surface area contributed by atoms with Crippen LogP contribution in [0.5, 0.6) is 5.75 Å². The summed E-state index contributed by atoms with van der Waals surface area (Å²) in [6.07, 6.45) is 0. The number of para-hydroxylation sites is 3. The van der Waals surface area contributed by atoms with Crippen LogP contribution in [-0.2, 0) is 4.79 Å². The van der Waals surface area contributed by atoms with Gasteiger partial charge >= 0.3 is 5.69 Å². The Balaban J connectivity index is 1.68. The summed E-state index contributed by atoms with van der Waals surface area (Å²) < 4.78 is 5.37. The van der Waals surface area contributed by atoms with E-state index in [0.29, 0.717) is 10.7 Å². The summed E-state index contributed by atoms with van der Waals surface area (Å²) in [5.74, 6) is -0.367. The number of anilines is 2. The first-order valence-corrected chi connectivity index (χ1v) is 9.79. The molecule has 2 aromatic carbocycles. The monoisotopic (exact) mass is 418 g/mol. The number of nitro groups is 1. The van der Waals surface area contributed by atoms with E-state index < -0.39 is 10.8 Å². The van der Waals surface area contributed by atoms with Crippen molar-refractivity contribution < 1.29 is 14.5 Å². The molecule has 0 saturated carbocycles. The number of rotatable bonds is 7. The van der Waals surface area contributed by atoms with Crippen molar-refractivity contribution in [2.45, 2.75) is 6.92 Å². The standard InChI is InChI=1S/C20H23ClN4O4/c1-2-23-10-12-24(13-11-23)20-15(21)6-5-7-16(20)22-19(26)14-29-18-9-4-3-8-17(18)25(27)28/h3-9H,2,10-14H2,1H3,(H,22,26). The molecular formula is C20H23ClN4O4. The number of carbonyl (C=O) groups is 1. The van der Waals surface area contributed by atoms with Crippen molar-refractivity contribution in [3.8, 4) is 5.75 Å². The molecule has 2 aromatic rings. The predicted molar refractivity (Wildman–Crippen MR) is 113 cm³/mol. The van der Waals surface area contributed by atoms with Crippen molar-refractivity contribution in [2.24, 2.45) is 0 Å². The maximum atomic E-state index is 12.4. The number of nitro benzene ring substituents is 1. The molecule has 1 amide bonds. The van der Waals surface area contributed by atoms with E-state index >= 15 is 0 Å². The molecule has 1 heterocycles. The van der Waals surface area contributed by atoms with E-state index in [1.165, 1.54) is 12.1 Å². The Kier molecular flexibility index (Phi) is 6.90. The van der Waals surface area contributed by atoms with Gasteiger partial charge in [-0.1, -0.05) is 36.7 Å². The second-order valence-corrected chi connectivity index (χ2v) is 7.03. The number of nitrogens with one attached hydrogen (secondary N) is 1. The van der Waals surface area contributed by atoms with E-state index in [1.807, 2.05) is 0 Å². The van der Waals surface area contributed by atoms with Crippen LogP contribution in [0.15, 0.2) is 42.5 Å². The van der Waals surface area contributed by atoms with Crippen LogP contribution in [0.1, 0.15) is 6.92 Å². The molecule has 1 saturated heterocycles. The Labute approximate surface area is 174 Å². The van der Waals surface area contributed by atoms with Crippen molar-refractivity contribution >= 4 is 34.6 Å². The third-order valence-electron chi connectivity index (χ3n) is 4.82. The van der Waals surface area contributed by atoms with Gasteiger partial charge in [-0.25, -0.2) is 0 Å². The number of benzene rings is 2. The van der Waals surface area contributed by atoms with Gasteiger partial charge in [0.15, 0.2) is 12.4 Å². The molecule has 1 N–H and O–H groups in total. The van der Waals surface area contributed by atoms with E-state index in [-0.39, 0.29) is 18.0 Å². The first-order chi connectivity index (χ1) is 14.0. The maximum absolute atomic E-state index is 12.4. The molecule has 1 aliphatic heterocycles. The van der Waals surface area contributed by atoms with Gasteiger partial charge < -0.3 is 19.9 Å². The van der Waals surface area contributed by atoms with Crippen LogP contribution in [0, 0.1) is 10.1 Å². The van der Waals surface area contributed by atoms with Gasteiger partial charge in [-0.15, -0.1) is 0 Å². The zero-order valence-electron chi connectivity index (χ0n) is 16.1. The lowest BCUT2D eigenvalue weighted by Crippen LogP contribution is -2.46. The molecule has 3 rings (SSSR count). The van der Waals surface area contributed by atoms with Gasteiger partial charge in [-0.2, -0.15) is 0 Å². The van der Waals surface area contributed by atoms with Crippen LogP contribution >= 0.6 is 11.6 Å². The SMILES string of the molecule is CCN1CCN(c2c(Cl)cccc2NC(=O)COc2ccccc2[N+](=O)[O-])CC1. The number of likely N-dealkylation sites (N-methyl/N-ethyl adjacent to an activating group) is 1. The van der Waals surface area contributed by atoms with Crippen LogP contribution in [0.25, 0.3) is 0 Å². The fourth-order valence-electron chi connectivity index (χ4n) is 3.28. The molecule has 1 aliphatic rings. The number of halogens is 1. The highest BCUT2D eigenvalue weighted by molar-refractivity contribution is 6.34. The molecule has 9 heteroatoms. The van der Waals surface area contributed by atoms with Gasteiger partial charge in [0.25, 0.3) is 5.91 Å². The lowest BCUT2D eigenvalue weighted by Gasteiger charge is -2.36. The summed E-state index contributed by atoms with van der Waals surface area (Å²) in [6, 6.07) is 11.3. The van der Waals surface area contributed by atoms with E-state index in [9.17, 15) is 14.9 Å². The maximum Gasteiger partial charge on any atom is 0.310 e. The quantitative estimate of drug-likeness (QED) is 0.547. The topological polar surface area (TPSA) is 88.0 Å². The van der Waals surface area contributed by atoms with Crippen molar-refractivity contribution in [2.75, 3.05) is 49.5 Å². The van der Waals surface area contributed by atoms with Crippen molar-refractivity contribution in [1.82, 2.24) is 4.90 Å². The minimum atomic E-state index is -0.543. The first kappa shape index (κ1) is 20.9. The predicted octanol–water partition coefficient (Wildman–Crippen LogP) is 3.41. The molecule has 0 aliphatic carbocycles. The Morgan fingerprint density at radius 1 is 1.17 bits per heavy atom. The largest absolute Gasteiger partial charge is 0.477 e. The molecule has 0 bridgehead atoms. The highest BCUT2D eigenvalue weighted by Crippen LogP contribution is 2.34. The molecule has 29 heavy (non-hydrogen) atoms. The molecule has 1 fully saturated rings. The Morgan fingerprint density at radius 3 is 2.59 bits per heavy atom. The number of hydrogen-bond acceptors (Lipinski definition) is 6. The molecule has 154 valence electrons. The average molecular weight is 419 g/mol. The Morgan fingerprint density at radius 2 is 1.90 bits per heavy atom. The average Bonchev–Trinajstić information content (AvgIpc) is 2.73. The van der Waals surface area contributed by atoms with Crippen molar-refractivity contribution in [3.05, 3.63) is 57.6 Å². The molecule has 0 unspecified atom stereocenters. The number of piperazine rings is 1. The van der Waals surface area contributed by atoms with Gasteiger partial charge in [0, 0.05) is 32.2 Å². The highest BCUT2D eigenvalue weighted by atomic mass is 35.5. The highest BCUT2D eigenvalue weighted by Gasteiger charge is 2.22. The molecule has 0 atom stereocenters. The number of carbonyl (C=O) groups excluding carboxylic acids is 1. The fourth-order valence-corrected chi connectivity index (χ4v) is 3.58. The van der Waals surface area contributed by atoms with Gasteiger partial charge in [-0.05, 0) is 24.7 Å². The summed E-state index contributed by atoms with van der Waals surface area (Å²) >= 11 is 6.43. The third-order valence-corrected chi connectivity index (χ3v) is 5.12. The van der Waals surface area contributed by atoms with Crippen LogP contribution in [-0.4, -0.2) is 55.1 Å². The van der Waals surface area contributed by atoms with Gasteiger partial charge in [0.2, 0.25) is 0 Å². The van der Waals surface area contributed by atoms with Crippen LogP contribution in [0.2, 0.25) is 5.02 Å². The van der Waals surface area contributed by atoms with Crippen LogP contribution in [0.3, 0.4) is 0 Å². The zero-order valence-corrected chi connectivity index (χ0v) is 16.9. The van der Waals surface area contributed by atoms with E-state index in [0.717, 1.165) is 38.4 Å². The molecular weight excluding hydrogens is 396 g/mol. The lowest BCUT2D eigenvalue weighted by molar-refractivity contribution is -0.385. The third kappa shape index (κ3) is 5.16. The van der Waals surface area contributed by atoms with Gasteiger partial charge in [-0.3, -0.25) is 14.9 Å². The molecule has 8 nitrogen and oxygen atoms in total. The first-order valence-electron chi connectivity index (χ1n) is 9.41. The number of ether oxygens (including phenoxy) is 1. The minimum Gasteiger partial charge on any atom is -0.477 e. The van der Waals surface area contributed by atoms with Crippen molar-refractivity contribution in [3.63, 3.8) is 0 Å². The van der Waals surface area contributed by atoms with E-state index in [4.69, 9.17) is 16.3 Å². The lowest BCUT2D eigenvalue weighted by atomic mass is 10.2. The zero-order chi connectivity index (χ0) is 20.8. The normalized spacial score (nSPS) is 14.5. The number of amides is 1. The summed E-state index contributed by atoms with van der Waals surface area (Å²) in [6.45, 7) is 6.27. The van der Waals surface area contributed by atoms with Crippen molar-refractivity contribution in [1.29, 1.82) is 0 Å². The van der Waals surface area contributed by atoms with Gasteiger partial charge in [0.1, 0.15) is 0 Å². The minimum absolute atomic E-state index is 0.0506. The Hall–Kier alpha value is -2.84. The van der Waals surface area contributed by atoms with Gasteiger partial charge in [0.05, 0.1) is 21.3 Å². The molecule has 0 radical (unpaired) electrons. The number of nitrogens with zero attached hydrogens (tertiary/aromatic N) is 3. The smallest absolute Gasteiger partial charge is 0.310 e. The second kappa shape index (κ2) is 9.58. The summed E-state index contributed by atoms with van der Waals surface area (Å²) in [4.78, 5) is 27.5. The molecule has 0 aromatic heterocycles. The molecule has 0 spiro atoms. The second-order valence-electron chi connectivity index (χ2n) is 6.62. The van der Waals surface area contributed by atoms with Crippen LogP contribution in [0.4, 0.5) is 17.1 Å². The summed E-state index contributed by atoms with van der Waals surface area (Å²) in [7, 11) is 0. The fraction of sp³-hybridized carbons (Fsp3) is 0.350. The van der Waals surface area contributed by atoms with E-state index in [2.05, 4.69) is 22.0 Å². The van der Waals surface area contributed by atoms with E-state index in [1.54, 1.807) is 30.3 Å². The number of hydrogen-bond donors (Lipinski definition) is 1. The summed E-state index contributed by atoms with van der Waals surface area (Å²) in [5.41, 5.74) is 1.19. The summed E-state index contributed by atoms with van der Waals surface area (Å²) in [5, 5.41) is 14.4.